The highest BCUT2D eigenvalue weighted by molar-refractivity contribution is 5.03. The van der Waals surface area contributed by atoms with Crippen molar-refractivity contribution in [2.24, 2.45) is 23.7 Å². The van der Waals surface area contributed by atoms with E-state index in [0.29, 0.717) is 0 Å². The SMILES string of the molecule is C=CCN(C(CC)CC)C1C2CC3CC(C2)CC1C3. The van der Waals surface area contributed by atoms with Gasteiger partial charge in [0.1, 0.15) is 0 Å². The van der Waals surface area contributed by atoms with E-state index < -0.39 is 0 Å². The normalized spacial score (nSPS) is 40.3. The molecule has 0 radical (unpaired) electrons. The zero-order valence-corrected chi connectivity index (χ0v) is 12.9. The smallest absolute Gasteiger partial charge is 0.0166 e. The molecule has 0 N–H and O–H groups in total. The summed E-state index contributed by atoms with van der Waals surface area (Å²) in [5.41, 5.74) is 0. The van der Waals surface area contributed by atoms with E-state index in [4.69, 9.17) is 0 Å². The predicted octanol–water partition coefficient (Wildman–Crippen LogP) is 4.49. The van der Waals surface area contributed by atoms with Gasteiger partial charge in [0, 0.05) is 18.6 Å². The Morgan fingerprint density at radius 2 is 1.53 bits per heavy atom. The predicted molar refractivity (Wildman–Crippen MR) is 82.1 cm³/mol. The first-order chi connectivity index (χ1) is 9.26. The molecular weight excluding hydrogens is 230 g/mol. The third-order valence-electron chi connectivity index (χ3n) is 6.31. The molecule has 1 nitrogen and oxygen atoms in total. The first-order valence-corrected chi connectivity index (χ1v) is 8.63. The van der Waals surface area contributed by atoms with Crippen molar-refractivity contribution in [2.75, 3.05) is 6.54 Å². The summed E-state index contributed by atoms with van der Waals surface area (Å²) in [6, 6.07) is 1.66. The fourth-order valence-electron chi connectivity index (χ4n) is 5.86. The molecule has 0 atom stereocenters. The van der Waals surface area contributed by atoms with Crippen LogP contribution in [0.25, 0.3) is 0 Å². The Morgan fingerprint density at radius 3 is 1.95 bits per heavy atom. The summed E-state index contributed by atoms with van der Waals surface area (Å²) in [7, 11) is 0. The fraction of sp³-hybridized carbons (Fsp3) is 0.889. The minimum atomic E-state index is 0.778. The van der Waals surface area contributed by atoms with Gasteiger partial charge in [-0.15, -0.1) is 6.58 Å². The topological polar surface area (TPSA) is 3.24 Å². The minimum absolute atomic E-state index is 0.778. The summed E-state index contributed by atoms with van der Waals surface area (Å²) in [6.07, 6.45) is 12.4. The van der Waals surface area contributed by atoms with Crippen LogP contribution in [0.15, 0.2) is 12.7 Å². The zero-order valence-electron chi connectivity index (χ0n) is 12.9. The molecule has 1 heteroatoms. The Morgan fingerprint density at radius 1 is 1.00 bits per heavy atom. The van der Waals surface area contributed by atoms with Crippen molar-refractivity contribution in [3.05, 3.63) is 12.7 Å². The zero-order chi connectivity index (χ0) is 13.4. The lowest BCUT2D eigenvalue weighted by Gasteiger charge is -2.58. The van der Waals surface area contributed by atoms with Crippen molar-refractivity contribution in [2.45, 2.75) is 70.9 Å². The van der Waals surface area contributed by atoms with Crippen molar-refractivity contribution in [1.82, 2.24) is 4.90 Å². The highest BCUT2D eigenvalue weighted by Crippen LogP contribution is 2.55. The van der Waals surface area contributed by atoms with E-state index >= 15 is 0 Å². The van der Waals surface area contributed by atoms with Gasteiger partial charge >= 0.3 is 0 Å². The van der Waals surface area contributed by atoms with Crippen LogP contribution >= 0.6 is 0 Å². The van der Waals surface area contributed by atoms with Crippen LogP contribution in [0.2, 0.25) is 0 Å². The molecule has 0 aromatic heterocycles. The van der Waals surface area contributed by atoms with Crippen LogP contribution in [0.1, 0.15) is 58.8 Å². The quantitative estimate of drug-likeness (QED) is 0.637. The molecule has 0 heterocycles. The molecule has 4 saturated carbocycles. The Kier molecular flexibility index (Phi) is 4.03. The molecule has 0 aromatic carbocycles. The van der Waals surface area contributed by atoms with E-state index in [1.165, 1.54) is 38.5 Å². The second-order valence-corrected chi connectivity index (χ2v) is 7.38. The van der Waals surface area contributed by atoms with E-state index in [2.05, 4.69) is 31.4 Å². The molecule has 108 valence electrons. The van der Waals surface area contributed by atoms with Gasteiger partial charge in [-0.05, 0) is 68.6 Å². The fourth-order valence-corrected chi connectivity index (χ4v) is 5.86. The van der Waals surface area contributed by atoms with Crippen LogP contribution in [0, 0.1) is 23.7 Å². The maximum Gasteiger partial charge on any atom is 0.0166 e. The molecule has 4 aliphatic carbocycles. The minimum Gasteiger partial charge on any atom is -0.293 e. The maximum atomic E-state index is 4.02. The van der Waals surface area contributed by atoms with Crippen molar-refractivity contribution >= 4 is 0 Å². The molecule has 0 amide bonds. The molecule has 4 fully saturated rings. The summed E-state index contributed by atoms with van der Waals surface area (Å²) in [5.74, 6) is 4.20. The van der Waals surface area contributed by atoms with Crippen LogP contribution in [-0.2, 0) is 0 Å². The van der Waals surface area contributed by atoms with Gasteiger partial charge in [0.25, 0.3) is 0 Å². The highest BCUT2D eigenvalue weighted by atomic mass is 15.2. The van der Waals surface area contributed by atoms with Crippen molar-refractivity contribution in [3.8, 4) is 0 Å². The maximum absolute atomic E-state index is 4.02. The van der Waals surface area contributed by atoms with Crippen LogP contribution in [0.3, 0.4) is 0 Å². The van der Waals surface area contributed by atoms with Crippen LogP contribution in [0.5, 0.6) is 0 Å². The standard InChI is InChI=1S/C18H31N/c1-4-7-19(17(5-2)6-3)18-15-9-13-8-14(11-15)12-16(18)10-13/h4,13-18H,1,5-12H2,2-3H3. The monoisotopic (exact) mass is 261 g/mol. The van der Waals surface area contributed by atoms with E-state index in [0.717, 1.165) is 42.3 Å². The van der Waals surface area contributed by atoms with E-state index in [1.54, 1.807) is 6.42 Å². The molecule has 0 aliphatic heterocycles. The van der Waals surface area contributed by atoms with E-state index in [1.807, 2.05) is 0 Å². The molecule has 4 aliphatic rings. The average molecular weight is 261 g/mol. The van der Waals surface area contributed by atoms with Gasteiger partial charge in [-0.25, -0.2) is 0 Å². The summed E-state index contributed by atoms with van der Waals surface area (Å²) in [4.78, 5) is 2.85. The van der Waals surface area contributed by atoms with Crippen molar-refractivity contribution in [3.63, 3.8) is 0 Å². The van der Waals surface area contributed by atoms with Crippen molar-refractivity contribution < 1.29 is 0 Å². The third kappa shape index (κ3) is 2.39. The van der Waals surface area contributed by atoms with Crippen LogP contribution in [0.4, 0.5) is 0 Å². The number of rotatable bonds is 6. The largest absolute Gasteiger partial charge is 0.293 e. The Balaban J connectivity index is 1.80. The van der Waals surface area contributed by atoms with E-state index in [-0.39, 0.29) is 0 Å². The molecule has 4 rings (SSSR count). The lowest BCUT2D eigenvalue weighted by atomic mass is 9.53. The molecule has 4 bridgehead atoms. The van der Waals surface area contributed by atoms with Gasteiger partial charge in [-0.3, -0.25) is 4.90 Å². The Bertz CT molecular complexity index is 290. The molecule has 0 unspecified atom stereocenters. The third-order valence-corrected chi connectivity index (χ3v) is 6.31. The molecule has 0 aromatic rings. The summed E-state index contributed by atoms with van der Waals surface area (Å²) < 4.78 is 0. The second-order valence-electron chi connectivity index (χ2n) is 7.38. The Hall–Kier alpha value is -0.300. The lowest BCUT2D eigenvalue weighted by molar-refractivity contribution is -0.0757. The van der Waals surface area contributed by atoms with Crippen molar-refractivity contribution in [1.29, 1.82) is 0 Å². The van der Waals surface area contributed by atoms with Gasteiger partial charge in [0.15, 0.2) is 0 Å². The lowest BCUT2D eigenvalue weighted by Crippen LogP contribution is -2.58. The van der Waals surface area contributed by atoms with Crippen LogP contribution < -0.4 is 0 Å². The van der Waals surface area contributed by atoms with Gasteiger partial charge in [0.05, 0.1) is 0 Å². The second kappa shape index (κ2) is 5.60. The van der Waals surface area contributed by atoms with Gasteiger partial charge in [-0.1, -0.05) is 19.9 Å². The number of nitrogens with zero attached hydrogens (tertiary/aromatic N) is 1. The summed E-state index contributed by atoms with van der Waals surface area (Å²) >= 11 is 0. The average Bonchev–Trinajstić information content (AvgIpc) is 2.38. The molecule has 19 heavy (non-hydrogen) atoms. The Labute approximate surface area is 119 Å². The van der Waals surface area contributed by atoms with E-state index in [9.17, 15) is 0 Å². The number of hydrogen-bond donors (Lipinski definition) is 0. The molecule has 0 saturated heterocycles. The highest BCUT2D eigenvalue weighted by Gasteiger charge is 2.50. The first kappa shape index (κ1) is 13.7. The van der Waals surface area contributed by atoms with Gasteiger partial charge < -0.3 is 0 Å². The first-order valence-electron chi connectivity index (χ1n) is 8.63. The van der Waals surface area contributed by atoms with Gasteiger partial charge in [-0.2, -0.15) is 0 Å². The van der Waals surface area contributed by atoms with Crippen LogP contribution in [-0.4, -0.2) is 23.5 Å². The number of hydrogen-bond acceptors (Lipinski definition) is 1. The molecular formula is C18H31N. The molecule has 0 spiro atoms. The summed E-state index contributed by atoms with van der Waals surface area (Å²) in [5, 5.41) is 0. The summed E-state index contributed by atoms with van der Waals surface area (Å²) in [6.45, 7) is 9.86. The van der Waals surface area contributed by atoms with Gasteiger partial charge in [0.2, 0.25) is 0 Å².